The molecule has 72 valence electrons. The van der Waals surface area contributed by atoms with Crippen LogP contribution in [0, 0.1) is 0 Å². The second kappa shape index (κ2) is 3.51. The van der Waals surface area contributed by atoms with E-state index in [0.29, 0.717) is 6.54 Å². The Bertz CT molecular complexity index is 419. The van der Waals surface area contributed by atoms with E-state index in [9.17, 15) is 0 Å². The Balaban J connectivity index is 2.44. The van der Waals surface area contributed by atoms with Gasteiger partial charge in [-0.3, -0.25) is 0 Å². The zero-order valence-electron chi connectivity index (χ0n) is 7.59. The fourth-order valence-corrected chi connectivity index (χ4v) is 1.32. The summed E-state index contributed by atoms with van der Waals surface area (Å²) in [6.07, 6.45) is 3.43. The number of benzene rings is 1. The van der Waals surface area contributed by atoms with Crippen molar-refractivity contribution in [1.29, 1.82) is 0 Å². The number of hydrogen-bond donors (Lipinski definition) is 2. The molecule has 0 aliphatic heterocycles. The monoisotopic (exact) mass is 189 g/mol. The van der Waals surface area contributed by atoms with Gasteiger partial charge in [-0.05, 0) is 24.3 Å². The topological polar surface area (TPSA) is 64.1 Å². The lowest BCUT2D eigenvalue weighted by Crippen LogP contribution is -2.04. The van der Waals surface area contributed by atoms with E-state index < -0.39 is 0 Å². The van der Waals surface area contributed by atoms with Crippen LogP contribution in [0.5, 0.6) is 5.75 Å². The molecular formula is C10H11N3O. The van der Waals surface area contributed by atoms with Crippen molar-refractivity contribution in [3.63, 3.8) is 0 Å². The van der Waals surface area contributed by atoms with E-state index in [1.54, 1.807) is 24.7 Å². The maximum Gasteiger partial charge on any atom is 0.115 e. The number of phenolic OH excluding ortho intramolecular Hbond substituents is 1. The van der Waals surface area contributed by atoms with E-state index in [2.05, 4.69) is 4.98 Å². The van der Waals surface area contributed by atoms with Crippen molar-refractivity contribution in [1.82, 2.24) is 9.55 Å². The fourth-order valence-electron chi connectivity index (χ4n) is 1.32. The van der Waals surface area contributed by atoms with Crippen molar-refractivity contribution in [2.24, 2.45) is 5.73 Å². The van der Waals surface area contributed by atoms with E-state index in [4.69, 9.17) is 10.8 Å². The first-order valence-corrected chi connectivity index (χ1v) is 4.32. The number of nitrogens with zero attached hydrogens (tertiary/aromatic N) is 2. The molecule has 14 heavy (non-hydrogen) atoms. The number of nitrogens with two attached hydrogens (primary N) is 1. The van der Waals surface area contributed by atoms with E-state index >= 15 is 0 Å². The summed E-state index contributed by atoms with van der Waals surface area (Å²) in [5, 5.41) is 9.13. The van der Waals surface area contributed by atoms with Crippen LogP contribution in [0.2, 0.25) is 0 Å². The van der Waals surface area contributed by atoms with E-state index in [0.717, 1.165) is 11.4 Å². The molecular weight excluding hydrogens is 178 g/mol. The summed E-state index contributed by atoms with van der Waals surface area (Å²) in [7, 11) is 0. The predicted octanol–water partition coefficient (Wildman–Crippen LogP) is 1.04. The third kappa shape index (κ3) is 1.47. The normalized spacial score (nSPS) is 10.4. The van der Waals surface area contributed by atoms with Gasteiger partial charge in [0.2, 0.25) is 0 Å². The maximum atomic E-state index is 9.13. The molecule has 0 saturated heterocycles. The van der Waals surface area contributed by atoms with Crippen LogP contribution in [0.1, 0.15) is 5.69 Å². The van der Waals surface area contributed by atoms with Crippen LogP contribution < -0.4 is 5.73 Å². The third-order valence-electron chi connectivity index (χ3n) is 2.05. The molecule has 0 saturated carbocycles. The van der Waals surface area contributed by atoms with Gasteiger partial charge >= 0.3 is 0 Å². The average molecular weight is 189 g/mol. The summed E-state index contributed by atoms with van der Waals surface area (Å²) in [5.74, 6) is 0.253. The molecule has 0 unspecified atom stereocenters. The quantitative estimate of drug-likeness (QED) is 0.741. The number of rotatable bonds is 2. The average Bonchev–Trinajstić information content (AvgIpc) is 2.67. The second-order valence-electron chi connectivity index (χ2n) is 2.98. The van der Waals surface area contributed by atoms with Crippen LogP contribution in [-0.2, 0) is 6.54 Å². The molecule has 4 heteroatoms. The van der Waals surface area contributed by atoms with Crippen LogP contribution in [0.4, 0.5) is 0 Å². The molecule has 0 aliphatic carbocycles. The first-order chi connectivity index (χ1) is 6.81. The summed E-state index contributed by atoms with van der Waals surface area (Å²) in [4.78, 5) is 4.01. The number of phenols is 1. The highest BCUT2D eigenvalue weighted by molar-refractivity contribution is 5.37. The van der Waals surface area contributed by atoms with Crippen molar-refractivity contribution in [3.8, 4) is 11.4 Å². The van der Waals surface area contributed by atoms with Crippen molar-refractivity contribution < 1.29 is 5.11 Å². The number of aromatic nitrogens is 2. The minimum absolute atomic E-state index is 0.253. The van der Waals surface area contributed by atoms with Gasteiger partial charge in [-0.15, -0.1) is 0 Å². The van der Waals surface area contributed by atoms with Gasteiger partial charge in [0.1, 0.15) is 5.75 Å². The van der Waals surface area contributed by atoms with E-state index in [-0.39, 0.29) is 5.75 Å². The van der Waals surface area contributed by atoms with Crippen LogP contribution >= 0.6 is 0 Å². The number of hydrogen-bond acceptors (Lipinski definition) is 3. The Morgan fingerprint density at radius 1 is 1.29 bits per heavy atom. The molecule has 2 rings (SSSR count). The Labute approximate surface area is 81.6 Å². The van der Waals surface area contributed by atoms with Gasteiger partial charge in [0.25, 0.3) is 0 Å². The summed E-state index contributed by atoms with van der Waals surface area (Å²) in [6.45, 7) is 0.445. The lowest BCUT2D eigenvalue weighted by molar-refractivity contribution is 0.475. The van der Waals surface area contributed by atoms with Crippen LogP contribution in [0.15, 0.2) is 36.8 Å². The number of imidazole rings is 1. The summed E-state index contributed by atoms with van der Waals surface area (Å²) < 4.78 is 1.89. The Kier molecular flexibility index (Phi) is 2.20. The summed E-state index contributed by atoms with van der Waals surface area (Å²) in [5.41, 5.74) is 7.44. The molecule has 1 aromatic heterocycles. The minimum atomic E-state index is 0.253. The SMILES string of the molecule is NCc1cncn1-c1ccc(O)cc1. The zero-order chi connectivity index (χ0) is 9.97. The zero-order valence-corrected chi connectivity index (χ0v) is 7.59. The molecule has 2 aromatic rings. The van der Waals surface area contributed by atoms with Gasteiger partial charge in [0.05, 0.1) is 12.0 Å². The molecule has 4 nitrogen and oxygen atoms in total. The van der Waals surface area contributed by atoms with Gasteiger partial charge < -0.3 is 15.4 Å². The largest absolute Gasteiger partial charge is 0.508 e. The van der Waals surface area contributed by atoms with Gasteiger partial charge in [0.15, 0.2) is 0 Å². The molecule has 0 radical (unpaired) electrons. The molecule has 0 fully saturated rings. The lowest BCUT2D eigenvalue weighted by Gasteiger charge is -2.05. The van der Waals surface area contributed by atoms with Gasteiger partial charge in [-0.1, -0.05) is 0 Å². The first kappa shape index (κ1) is 8.77. The Morgan fingerprint density at radius 3 is 2.64 bits per heavy atom. The summed E-state index contributed by atoms with van der Waals surface area (Å²) >= 11 is 0. The maximum absolute atomic E-state index is 9.13. The van der Waals surface area contributed by atoms with Crippen molar-refractivity contribution >= 4 is 0 Å². The van der Waals surface area contributed by atoms with E-state index in [1.807, 2.05) is 16.7 Å². The minimum Gasteiger partial charge on any atom is -0.508 e. The molecule has 0 atom stereocenters. The number of aromatic hydroxyl groups is 1. The third-order valence-corrected chi connectivity index (χ3v) is 2.05. The van der Waals surface area contributed by atoms with Crippen LogP contribution in [-0.4, -0.2) is 14.7 Å². The second-order valence-corrected chi connectivity index (χ2v) is 2.98. The lowest BCUT2D eigenvalue weighted by atomic mass is 10.3. The molecule has 1 aromatic carbocycles. The molecule has 0 aliphatic rings. The predicted molar refractivity (Wildman–Crippen MR) is 53.1 cm³/mol. The summed E-state index contributed by atoms with van der Waals surface area (Å²) in [6, 6.07) is 6.90. The highest BCUT2D eigenvalue weighted by atomic mass is 16.3. The molecule has 0 bridgehead atoms. The van der Waals surface area contributed by atoms with Crippen LogP contribution in [0.25, 0.3) is 5.69 Å². The van der Waals surface area contributed by atoms with E-state index in [1.165, 1.54) is 0 Å². The van der Waals surface area contributed by atoms with Crippen molar-refractivity contribution in [3.05, 3.63) is 42.5 Å². The Hall–Kier alpha value is -1.81. The van der Waals surface area contributed by atoms with Crippen LogP contribution in [0.3, 0.4) is 0 Å². The van der Waals surface area contributed by atoms with Gasteiger partial charge in [-0.25, -0.2) is 4.98 Å². The van der Waals surface area contributed by atoms with Crippen molar-refractivity contribution in [2.45, 2.75) is 6.54 Å². The fraction of sp³-hybridized carbons (Fsp3) is 0.100. The smallest absolute Gasteiger partial charge is 0.115 e. The highest BCUT2D eigenvalue weighted by Gasteiger charge is 2.01. The van der Waals surface area contributed by atoms with Gasteiger partial charge in [-0.2, -0.15) is 0 Å². The standard InChI is InChI=1S/C10H11N3O/c11-5-9-6-12-7-13(9)8-1-3-10(14)4-2-8/h1-4,6-7,14H,5,11H2. The molecule has 0 spiro atoms. The molecule has 0 amide bonds. The Morgan fingerprint density at radius 2 is 2.00 bits per heavy atom. The van der Waals surface area contributed by atoms with Crippen molar-refractivity contribution in [2.75, 3.05) is 0 Å². The van der Waals surface area contributed by atoms with Gasteiger partial charge in [0, 0.05) is 18.4 Å². The first-order valence-electron chi connectivity index (χ1n) is 4.32. The molecule has 3 N–H and O–H groups in total. The molecule has 1 heterocycles. The highest BCUT2D eigenvalue weighted by Crippen LogP contribution is 2.15.